The third kappa shape index (κ3) is 7.68. The Morgan fingerprint density at radius 1 is 0.684 bits per heavy atom. The van der Waals surface area contributed by atoms with Gasteiger partial charge in [0.2, 0.25) is 0 Å². The van der Waals surface area contributed by atoms with E-state index in [4.69, 9.17) is 13.9 Å². The number of likely N-dealkylation sites (tertiary alicyclic amines) is 1. The standard InChI is InChI=1S/C27H40N4O4.3ClH/c1-33-25-18-22-21-6-9-31(20-23(21)27(32)35-24(22)19-26(25)34-2)17-16-30-14-12-29(13-15-30)11-10-28-7-4-3-5-8-28;;;/h18-19H,3-17,20H2,1-2H3;3*1H. The summed E-state index contributed by atoms with van der Waals surface area (Å²) in [6.45, 7) is 13.2. The lowest BCUT2D eigenvalue weighted by molar-refractivity contribution is 0.102. The van der Waals surface area contributed by atoms with Crippen molar-refractivity contribution in [2.75, 3.05) is 86.2 Å². The normalized spacial score (nSPS) is 19.1. The molecule has 2 aromatic rings. The molecule has 2 saturated heterocycles. The van der Waals surface area contributed by atoms with E-state index in [9.17, 15) is 4.79 Å². The first-order valence-corrected chi connectivity index (χ1v) is 13.2. The molecule has 0 bridgehead atoms. The van der Waals surface area contributed by atoms with Gasteiger partial charge in [-0.2, -0.15) is 0 Å². The molecule has 5 rings (SSSR count). The zero-order chi connectivity index (χ0) is 24.2. The van der Waals surface area contributed by atoms with Gasteiger partial charge < -0.3 is 18.8 Å². The highest BCUT2D eigenvalue weighted by atomic mass is 35.5. The minimum Gasteiger partial charge on any atom is -0.493 e. The summed E-state index contributed by atoms with van der Waals surface area (Å²) in [6.07, 6.45) is 4.99. The lowest BCUT2D eigenvalue weighted by Gasteiger charge is -2.37. The maximum Gasteiger partial charge on any atom is 0.341 e. The van der Waals surface area contributed by atoms with Crippen LogP contribution < -0.4 is 15.1 Å². The molecule has 1 aromatic carbocycles. The summed E-state index contributed by atoms with van der Waals surface area (Å²) in [5, 5.41) is 0.956. The van der Waals surface area contributed by atoms with Gasteiger partial charge in [0.05, 0.1) is 19.8 Å². The van der Waals surface area contributed by atoms with Crippen LogP contribution in [0.15, 0.2) is 21.3 Å². The summed E-state index contributed by atoms with van der Waals surface area (Å²) >= 11 is 0. The molecule has 3 aliphatic heterocycles. The molecule has 0 aliphatic carbocycles. The van der Waals surface area contributed by atoms with Crippen LogP contribution in [0, 0.1) is 0 Å². The molecule has 0 unspecified atom stereocenters. The van der Waals surface area contributed by atoms with Crippen LogP contribution in [0.2, 0.25) is 0 Å². The van der Waals surface area contributed by atoms with Gasteiger partial charge in [0.15, 0.2) is 11.5 Å². The van der Waals surface area contributed by atoms with E-state index in [2.05, 4.69) is 19.6 Å². The Bertz CT molecular complexity index is 1070. The van der Waals surface area contributed by atoms with Gasteiger partial charge in [-0.1, -0.05) is 6.42 Å². The quantitative estimate of drug-likeness (QED) is 0.431. The predicted molar refractivity (Wildman–Crippen MR) is 159 cm³/mol. The number of nitrogens with zero attached hydrogens (tertiary/aromatic N) is 4. The maximum atomic E-state index is 12.8. The number of benzene rings is 1. The molecule has 3 aliphatic rings. The van der Waals surface area contributed by atoms with Crippen LogP contribution in [0.5, 0.6) is 11.5 Å². The smallest absolute Gasteiger partial charge is 0.341 e. The number of methoxy groups -OCH3 is 2. The van der Waals surface area contributed by atoms with Crippen LogP contribution in [0.25, 0.3) is 11.0 Å². The van der Waals surface area contributed by atoms with E-state index in [0.29, 0.717) is 23.6 Å². The van der Waals surface area contributed by atoms with Crippen LogP contribution in [-0.4, -0.2) is 106 Å². The Balaban J connectivity index is 0.00000169. The SMILES string of the molecule is COc1cc2oc(=O)c3c(c2cc1OC)CCN(CCN1CCN(CCN2CCCCC2)CC1)C3.Cl.Cl.Cl. The van der Waals surface area contributed by atoms with Crippen molar-refractivity contribution in [2.45, 2.75) is 32.2 Å². The average molecular weight is 594 g/mol. The van der Waals surface area contributed by atoms with Gasteiger partial charge in [0.25, 0.3) is 0 Å². The summed E-state index contributed by atoms with van der Waals surface area (Å²) < 4.78 is 16.5. The zero-order valence-electron chi connectivity index (χ0n) is 22.6. The first-order chi connectivity index (χ1) is 17.1. The van der Waals surface area contributed by atoms with Crippen molar-refractivity contribution in [3.8, 4) is 11.5 Å². The van der Waals surface area contributed by atoms with Gasteiger partial charge in [-0.3, -0.25) is 14.7 Å². The Kier molecular flexibility index (Phi) is 13.4. The van der Waals surface area contributed by atoms with Crippen LogP contribution in [-0.2, 0) is 13.0 Å². The molecular formula is C27H43Cl3N4O4. The van der Waals surface area contributed by atoms with Crippen molar-refractivity contribution in [1.82, 2.24) is 19.6 Å². The second-order valence-corrected chi connectivity index (χ2v) is 10.2. The molecule has 0 saturated carbocycles. The molecule has 0 amide bonds. The topological polar surface area (TPSA) is 61.6 Å². The molecule has 2 fully saturated rings. The van der Waals surface area contributed by atoms with Crippen molar-refractivity contribution in [3.05, 3.63) is 33.7 Å². The lowest BCUT2D eigenvalue weighted by atomic mass is 9.97. The first kappa shape index (κ1) is 32.9. The number of halogens is 3. The summed E-state index contributed by atoms with van der Waals surface area (Å²) in [7, 11) is 3.22. The third-order valence-corrected chi connectivity index (χ3v) is 8.06. The van der Waals surface area contributed by atoms with Crippen LogP contribution >= 0.6 is 37.2 Å². The molecule has 0 spiro atoms. The van der Waals surface area contributed by atoms with E-state index in [-0.39, 0.29) is 42.8 Å². The van der Waals surface area contributed by atoms with E-state index in [1.165, 1.54) is 45.4 Å². The fourth-order valence-electron chi connectivity index (χ4n) is 5.82. The summed E-state index contributed by atoms with van der Waals surface area (Å²) in [5.41, 5.74) is 2.22. The predicted octanol–water partition coefficient (Wildman–Crippen LogP) is 3.54. The molecule has 4 heterocycles. The second-order valence-electron chi connectivity index (χ2n) is 10.2. The molecule has 216 valence electrons. The Labute approximate surface area is 244 Å². The fraction of sp³-hybridized carbons (Fsp3) is 0.667. The average Bonchev–Trinajstić information content (AvgIpc) is 2.91. The van der Waals surface area contributed by atoms with E-state index in [1.54, 1.807) is 20.3 Å². The molecule has 8 nitrogen and oxygen atoms in total. The van der Waals surface area contributed by atoms with Gasteiger partial charge in [-0.15, -0.1) is 37.2 Å². The monoisotopic (exact) mass is 592 g/mol. The fourth-order valence-corrected chi connectivity index (χ4v) is 5.82. The van der Waals surface area contributed by atoms with Gasteiger partial charge in [0, 0.05) is 76.9 Å². The minimum atomic E-state index is -0.230. The summed E-state index contributed by atoms with van der Waals surface area (Å²) in [6, 6.07) is 3.70. The van der Waals surface area contributed by atoms with Gasteiger partial charge >= 0.3 is 5.63 Å². The molecule has 11 heteroatoms. The second kappa shape index (κ2) is 15.5. The van der Waals surface area contributed by atoms with Gasteiger partial charge in [-0.05, 0) is 44.0 Å². The highest BCUT2D eigenvalue weighted by Crippen LogP contribution is 2.35. The third-order valence-electron chi connectivity index (χ3n) is 8.06. The molecule has 0 N–H and O–H groups in total. The van der Waals surface area contributed by atoms with Crippen molar-refractivity contribution < 1.29 is 13.9 Å². The van der Waals surface area contributed by atoms with E-state index < -0.39 is 0 Å². The minimum absolute atomic E-state index is 0. The zero-order valence-corrected chi connectivity index (χ0v) is 25.1. The Morgan fingerprint density at radius 3 is 1.79 bits per heavy atom. The number of piperidine rings is 1. The van der Waals surface area contributed by atoms with Crippen molar-refractivity contribution >= 4 is 48.2 Å². The lowest BCUT2D eigenvalue weighted by Crippen LogP contribution is -2.50. The van der Waals surface area contributed by atoms with E-state index in [0.717, 1.165) is 68.7 Å². The van der Waals surface area contributed by atoms with Crippen molar-refractivity contribution in [1.29, 1.82) is 0 Å². The summed E-state index contributed by atoms with van der Waals surface area (Å²) in [4.78, 5) is 23.0. The maximum absolute atomic E-state index is 12.8. The molecule has 38 heavy (non-hydrogen) atoms. The molecular weight excluding hydrogens is 551 g/mol. The first-order valence-electron chi connectivity index (χ1n) is 13.2. The number of hydrogen-bond acceptors (Lipinski definition) is 8. The van der Waals surface area contributed by atoms with Gasteiger partial charge in [-0.25, -0.2) is 4.79 Å². The van der Waals surface area contributed by atoms with E-state index in [1.807, 2.05) is 6.07 Å². The summed E-state index contributed by atoms with van der Waals surface area (Å²) in [5.74, 6) is 1.24. The molecule has 0 atom stereocenters. The molecule has 0 radical (unpaired) electrons. The number of piperazine rings is 1. The number of ether oxygens (including phenoxy) is 2. The van der Waals surface area contributed by atoms with Crippen molar-refractivity contribution in [3.63, 3.8) is 0 Å². The number of fused-ring (bicyclic) bond motifs is 3. The Hall–Kier alpha value is -1.26. The van der Waals surface area contributed by atoms with Crippen LogP contribution in [0.1, 0.15) is 30.4 Å². The largest absolute Gasteiger partial charge is 0.493 e. The number of rotatable bonds is 8. The van der Waals surface area contributed by atoms with Crippen LogP contribution in [0.4, 0.5) is 0 Å². The Morgan fingerprint density at radius 2 is 1.21 bits per heavy atom. The van der Waals surface area contributed by atoms with E-state index >= 15 is 0 Å². The van der Waals surface area contributed by atoms with Crippen LogP contribution in [0.3, 0.4) is 0 Å². The van der Waals surface area contributed by atoms with Crippen molar-refractivity contribution in [2.24, 2.45) is 0 Å². The number of hydrogen-bond donors (Lipinski definition) is 0. The molecule has 1 aromatic heterocycles. The highest BCUT2D eigenvalue weighted by molar-refractivity contribution is 5.86. The highest BCUT2D eigenvalue weighted by Gasteiger charge is 2.25. The van der Waals surface area contributed by atoms with Gasteiger partial charge in [0.1, 0.15) is 5.58 Å².